The van der Waals surface area contributed by atoms with Crippen molar-refractivity contribution in [2.75, 3.05) is 22.1 Å². The fourth-order valence-electron chi connectivity index (χ4n) is 9.91. The van der Waals surface area contributed by atoms with E-state index < -0.39 is 0 Å². The van der Waals surface area contributed by atoms with E-state index in [1.54, 1.807) is 0 Å². The number of nitrogen functional groups attached to an aromatic ring is 2. The molecule has 6 heterocycles. The van der Waals surface area contributed by atoms with Crippen molar-refractivity contribution in [1.82, 2.24) is 49.5 Å². The maximum Gasteiger partial charge on any atom is 0.300 e. The van der Waals surface area contributed by atoms with Gasteiger partial charge in [0.1, 0.15) is 52.5 Å². The van der Waals surface area contributed by atoms with Crippen molar-refractivity contribution >= 4 is 85.1 Å². The fourth-order valence-corrected chi connectivity index (χ4v) is 9.91. The van der Waals surface area contributed by atoms with E-state index in [1.807, 2.05) is 97.7 Å². The molecule has 18 nitrogen and oxygen atoms in total. The minimum absolute atomic E-state index is 0.116. The summed E-state index contributed by atoms with van der Waals surface area (Å²) in [7, 11) is 0. The number of rotatable bonds is 8. The van der Waals surface area contributed by atoms with Crippen molar-refractivity contribution in [3.63, 3.8) is 0 Å². The van der Waals surface area contributed by atoms with Gasteiger partial charge in [-0.25, -0.2) is 29.3 Å². The molecular weight excluding hydrogens is 885 g/mol. The summed E-state index contributed by atoms with van der Waals surface area (Å²) in [6.45, 7) is 8.13. The molecule has 0 amide bonds. The van der Waals surface area contributed by atoms with E-state index in [2.05, 4.69) is 52.7 Å². The summed E-state index contributed by atoms with van der Waals surface area (Å²) < 4.78 is 15.7. The quantitative estimate of drug-likeness (QED) is 0.0949. The average Bonchev–Trinajstić information content (AvgIpc) is 4.15. The molecule has 0 bridgehead atoms. The third-order valence-electron chi connectivity index (χ3n) is 13.4. The minimum atomic E-state index is -0.235. The van der Waals surface area contributed by atoms with Crippen LogP contribution in [0.1, 0.15) is 85.7 Å². The number of aryl methyl sites for hydroxylation is 4. The molecule has 2 fully saturated rings. The second kappa shape index (κ2) is 18.0. The lowest BCUT2D eigenvalue weighted by molar-refractivity contribution is -0.120. The van der Waals surface area contributed by atoms with Crippen LogP contribution in [-0.2, 0) is 4.79 Å². The summed E-state index contributed by atoms with van der Waals surface area (Å²) >= 11 is 0. The number of oxazole rings is 2. The Morgan fingerprint density at radius 1 is 0.586 bits per heavy atom. The maximum atomic E-state index is 11.7. The molecule has 70 heavy (non-hydrogen) atoms. The Kier molecular flexibility index (Phi) is 11.4. The second-order valence-corrected chi connectivity index (χ2v) is 18.5. The summed E-state index contributed by atoms with van der Waals surface area (Å²) in [6, 6.07) is 25.1. The predicted molar refractivity (Wildman–Crippen MR) is 270 cm³/mol. The number of hydrogen-bond acceptors (Lipinski definition) is 16. The highest BCUT2D eigenvalue weighted by Crippen LogP contribution is 2.38. The van der Waals surface area contributed by atoms with Crippen LogP contribution in [0.4, 0.5) is 35.0 Å². The number of aliphatic hydroxyl groups excluding tert-OH is 1. The van der Waals surface area contributed by atoms with Gasteiger partial charge >= 0.3 is 0 Å². The van der Waals surface area contributed by atoms with Crippen molar-refractivity contribution < 1.29 is 18.7 Å². The maximum absolute atomic E-state index is 11.7. The second-order valence-electron chi connectivity index (χ2n) is 18.5. The van der Waals surface area contributed by atoms with Gasteiger partial charge in [-0.1, -0.05) is 36.4 Å². The molecule has 0 aliphatic heterocycles. The van der Waals surface area contributed by atoms with Crippen molar-refractivity contribution in [1.29, 1.82) is 0 Å². The molecular formula is C52H52N14O4. The lowest BCUT2D eigenvalue weighted by Gasteiger charge is -2.25. The molecule has 2 saturated carbocycles. The first-order chi connectivity index (χ1) is 33.9. The number of benzene rings is 4. The molecule has 0 atom stereocenters. The molecule has 7 N–H and O–H groups in total. The molecule has 0 saturated heterocycles. The van der Waals surface area contributed by atoms with E-state index in [1.165, 1.54) is 12.7 Å². The summed E-state index contributed by atoms with van der Waals surface area (Å²) in [4.78, 5) is 38.3. The highest BCUT2D eigenvalue weighted by Gasteiger charge is 2.28. The van der Waals surface area contributed by atoms with Gasteiger partial charge in [0, 0.05) is 35.3 Å². The van der Waals surface area contributed by atoms with Crippen LogP contribution in [-0.4, -0.2) is 66.5 Å². The van der Waals surface area contributed by atoms with Crippen LogP contribution in [0, 0.1) is 27.7 Å². The number of nitrogens with zero attached hydrogens (tertiary/aromatic N) is 10. The number of ketones is 1. The van der Waals surface area contributed by atoms with Crippen LogP contribution in [0.2, 0.25) is 0 Å². The van der Waals surface area contributed by atoms with Gasteiger partial charge < -0.3 is 36.0 Å². The Hall–Kier alpha value is -8.25. The molecule has 0 spiro atoms. The molecule has 12 rings (SSSR count). The van der Waals surface area contributed by atoms with Gasteiger partial charge in [-0.05, 0) is 125 Å². The van der Waals surface area contributed by atoms with Gasteiger partial charge in [-0.3, -0.25) is 4.79 Å². The highest BCUT2D eigenvalue weighted by molar-refractivity contribution is 5.99. The van der Waals surface area contributed by atoms with E-state index in [-0.39, 0.29) is 18.2 Å². The molecule has 0 unspecified atom stereocenters. The zero-order chi connectivity index (χ0) is 48.2. The normalized spacial score (nSPS) is 16.6. The van der Waals surface area contributed by atoms with Crippen LogP contribution >= 0.6 is 0 Å². The molecule has 2 aliphatic carbocycles. The SMILES string of the molecule is Cc1cc(C)c2oc(Nc3ccc(-c4nn(C5CCC(=O)CC5)c5ncnc(N)c45)cc3)nc2c1.Cc1cc(C)c2oc(Nc3ccc(-c4nn(C5CCC(O)CC5)c5ncnc(N)c45)cc3)nc2c1. The first-order valence-electron chi connectivity index (χ1n) is 23.6. The van der Waals surface area contributed by atoms with E-state index in [9.17, 15) is 9.90 Å². The zero-order valence-corrected chi connectivity index (χ0v) is 39.3. The Morgan fingerprint density at radius 3 is 1.46 bits per heavy atom. The molecule has 4 aromatic carbocycles. The van der Waals surface area contributed by atoms with Crippen LogP contribution < -0.4 is 22.1 Å². The van der Waals surface area contributed by atoms with Gasteiger partial charge in [0.25, 0.3) is 12.0 Å². The molecule has 2 aliphatic rings. The van der Waals surface area contributed by atoms with Crippen LogP contribution in [0.15, 0.2) is 94.3 Å². The lowest BCUT2D eigenvalue weighted by atomic mass is 9.93. The molecule has 10 aromatic rings. The van der Waals surface area contributed by atoms with Crippen LogP contribution in [0.3, 0.4) is 0 Å². The van der Waals surface area contributed by atoms with E-state index in [0.29, 0.717) is 47.9 Å². The van der Waals surface area contributed by atoms with Crippen LogP contribution in [0.5, 0.6) is 0 Å². The number of aliphatic hydroxyl groups is 1. The third-order valence-corrected chi connectivity index (χ3v) is 13.4. The largest absolute Gasteiger partial charge is 0.423 e. The number of fused-ring (bicyclic) bond motifs is 4. The Bertz CT molecular complexity index is 3580. The van der Waals surface area contributed by atoms with E-state index in [4.69, 9.17) is 30.5 Å². The predicted octanol–water partition coefficient (Wildman–Crippen LogP) is 10.3. The fraction of sp³-hybridized carbons (Fsp3) is 0.288. The summed E-state index contributed by atoms with van der Waals surface area (Å²) in [5, 5.41) is 27.7. The number of nitrogens with one attached hydrogen (secondary N) is 2. The minimum Gasteiger partial charge on any atom is -0.423 e. The Labute approximate surface area is 401 Å². The third kappa shape index (κ3) is 8.50. The van der Waals surface area contributed by atoms with E-state index >= 15 is 0 Å². The van der Waals surface area contributed by atoms with E-state index in [0.717, 1.165) is 133 Å². The monoisotopic (exact) mass is 936 g/mol. The lowest BCUT2D eigenvalue weighted by Crippen LogP contribution is -2.22. The van der Waals surface area contributed by atoms with Crippen molar-refractivity contribution in [3.8, 4) is 22.5 Å². The standard InChI is InChI=1S/C26H27N7O2.C26H25N7O2/c2*1-14-11-15(2)23-20(12-14)31-26(35-23)30-17-5-3-16(4-6-17)22-21-24(27)28-13-29-25(21)33(32-22)18-7-9-19(34)10-8-18/h3-6,11-13,18-19,34H,7-10H2,1-2H3,(H,30,31)(H2,27,28,29);3-6,11-13,18H,7-10H2,1-2H3,(H,30,31)(H2,27,28,29). The Balaban J connectivity index is 0.000000152. The summed E-state index contributed by atoms with van der Waals surface area (Å²) in [5.41, 5.74) is 26.6. The van der Waals surface area contributed by atoms with Crippen molar-refractivity contribution in [2.24, 2.45) is 0 Å². The smallest absolute Gasteiger partial charge is 0.300 e. The van der Waals surface area contributed by atoms with Gasteiger partial charge in [-0.2, -0.15) is 20.2 Å². The molecule has 6 aromatic heterocycles. The molecule has 18 heteroatoms. The topological polar surface area (TPSA) is 253 Å². The molecule has 0 radical (unpaired) electrons. The number of aromatic nitrogens is 10. The van der Waals surface area contributed by atoms with Gasteiger partial charge in [0.15, 0.2) is 22.5 Å². The summed E-state index contributed by atoms with van der Waals surface area (Å²) in [6.07, 6.45) is 8.58. The molecule has 354 valence electrons. The number of carbonyl (C=O) groups is 1. The zero-order valence-electron chi connectivity index (χ0n) is 39.3. The van der Waals surface area contributed by atoms with Gasteiger partial charge in [0.05, 0.1) is 29.0 Å². The first kappa shape index (κ1) is 44.3. The first-order valence-corrected chi connectivity index (χ1v) is 23.6. The number of anilines is 6. The van der Waals surface area contributed by atoms with Crippen LogP contribution in [0.25, 0.3) is 66.8 Å². The van der Waals surface area contributed by atoms with Gasteiger partial charge in [-0.15, -0.1) is 0 Å². The number of nitrogens with two attached hydrogens (primary N) is 2. The highest BCUT2D eigenvalue weighted by atomic mass is 16.4. The number of carbonyl (C=O) groups excluding carboxylic acids is 1. The Morgan fingerprint density at radius 2 is 1.01 bits per heavy atom. The van der Waals surface area contributed by atoms with Crippen molar-refractivity contribution in [3.05, 3.63) is 108 Å². The number of hydrogen-bond donors (Lipinski definition) is 5. The summed E-state index contributed by atoms with van der Waals surface area (Å²) in [5.74, 6) is 1.10. The average molecular weight is 937 g/mol. The number of Topliss-reactive ketones (excluding diaryl/α,β-unsaturated/α-hetero) is 1. The van der Waals surface area contributed by atoms with Gasteiger partial charge in [0.2, 0.25) is 0 Å². The van der Waals surface area contributed by atoms with Crippen molar-refractivity contribution in [2.45, 2.75) is 97.2 Å².